The predicted octanol–water partition coefficient (Wildman–Crippen LogP) is 1.39. The van der Waals surface area contributed by atoms with Crippen molar-refractivity contribution in [2.75, 3.05) is 6.54 Å². The third-order valence-electron chi connectivity index (χ3n) is 3.48. The predicted molar refractivity (Wildman–Crippen MR) is 83.0 cm³/mol. The largest absolute Gasteiger partial charge is 0.240 e. The van der Waals surface area contributed by atoms with Gasteiger partial charge in [0, 0.05) is 13.0 Å². The van der Waals surface area contributed by atoms with E-state index < -0.39 is 10.0 Å². The van der Waals surface area contributed by atoms with Gasteiger partial charge in [0.25, 0.3) is 0 Å². The highest BCUT2D eigenvalue weighted by Crippen LogP contribution is 2.14. The van der Waals surface area contributed by atoms with Crippen molar-refractivity contribution in [1.82, 2.24) is 24.9 Å². The second-order valence-corrected chi connectivity index (χ2v) is 7.29. The van der Waals surface area contributed by atoms with E-state index in [1.165, 1.54) is 0 Å². The quantitative estimate of drug-likeness (QED) is 0.867. The number of hydrogen-bond donors (Lipinski definition) is 1. The topological polar surface area (TPSA) is 89.8 Å². The molecule has 2 rings (SSSR count). The summed E-state index contributed by atoms with van der Waals surface area (Å²) in [5.41, 5.74) is 2.02. The summed E-state index contributed by atoms with van der Waals surface area (Å²) in [7, 11) is -3.51. The van der Waals surface area contributed by atoms with Gasteiger partial charge < -0.3 is 0 Å². The summed E-state index contributed by atoms with van der Waals surface area (Å²) in [6.07, 6.45) is 0.440. The van der Waals surface area contributed by atoms with Crippen molar-refractivity contribution in [3.63, 3.8) is 0 Å². The number of rotatable bonds is 6. The molecule has 0 radical (unpaired) electrons. The first kappa shape index (κ1) is 16.6. The van der Waals surface area contributed by atoms with Gasteiger partial charge in [-0.15, -0.1) is 5.10 Å². The van der Waals surface area contributed by atoms with Gasteiger partial charge in [0.05, 0.1) is 10.9 Å². The van der Waals surface area contributed by atoms with Gasteiger partial charge in [-0.2, -0.15) is 0 Å². The van der Waals surface area contributed by atoms with Crippen LogP contribution in [0.25, 0.3) is 0 Å². The maximum atomic E-state index is 12.3. The van der Waals surface area contributed by atoms with Crippen LogP contribution in [0.3, 0.4) is 0 Å². The van der Waals surface area contributed by atoms with Crippen molar-refractivity contribution < 1.29 is 8.42 Å². The molecule has 0 atom stereocenters. The summed E-state index contributed by atoms with van der Waals surface area (Å²) >= 11 is 0. The minimum atomic E-state index is -3.51. The average molecular weight is 323 g/mol. The van der Waals surface area contributed by atoms with E-state index in [0.29, 0.717) is 12.2 Å². The monoisotopic (exact) mass is 323 g/mol. The van der Waals surface area contributed by atoms with E-state index in [9.17, 15) is 8.42 Å². The van der Waals surface area contributed by atoms with Crippen molar-refractivity contribution in [2.24, 2.45) is 0 Å². The van der Waals surface area contributed by atoms with Gasteiger partial charge in [0.15, 0.2) is 5.82 Å². The number of aryl methyl sites for hydroxylation is 2. The Kier molecular flexibility index (Phi) is 4.92. The zero-order chi connectivity index (χ0) is 16.3. The molecule has 0 spiro atoms. The lowest BCUT2D eigenvalue weighted by molar-refractivity contribution is 0.492. The van der Waals surface area contributed by atoms with Crippen LogP contribution in [0.2, 0.25) is 0 Å². The molecule has 22 heavy (non-hydrogen) atoms. The van der Waals surface area contributed by atoms with Crippen molar-refractivity contribution in [1.29, 1.82) is 0 Å². The normalized spacial score (nSPS) is 12.0. The number of benzene rings is 1. The van der Waals surface area contributed by atoms with Gasteiger partial charge in [0.2, 0.25) is 10.0 Å². The van der Waals surface area contributed by atoms with Crippen LogP contribution in [0.15, 0.2) is 23.1 Å². The maximum Gasteiger partial charge on any atom is 0.240 e. The highest BCUT2D eigenvalue weighted by Gasteiger charge is 2.15. The molecule has 8 heteroatoms. The molecule has 0 amide bonds. The molecule has 0 fully saturated rings. The summed E-state index contributed by atoms with van der Waals surface area (Å²) in [5, 5.41) is 11.4. The molecule has 120 valence electrons. The van der Waals surface area contributed by atoms with E-state index in [1.54, 1.807) is 16.8 Å². The molecular formula is C14H21N5O2S. The molecule has 1 aromatic carbocycles. The van der Waals surface area contributed by atoms with Crippen LogP contribution in [0, 0.1) is 13.8 Å². The smallest absolute Gasteiger partial charge is 0.227 e. The molecule has 1 heterocycles. The van der Waals surface area contributed by atoms with Crippen molar-refractivity contribution in [3.8, 4) is 0 Å². The molecule has 0 bridgehead atoms. The lowest BCUT2D eigenvalue weighted by atomic mass is 10.1. The molecular weight excluding hydrogens is 302 g/mol. The fraction of sp³-hybridized carbons (Fsp3) is 0.500. The maximum absolute atomic E-state index is 12.3. The molecule has 0 saturated heterocycles. The summed E-state index contributed by atoms with van der Waals surface area (Å²) in [4.78, 5) is 0.277. The van der Waals surface area contributed by atoms with Crippen LogP contribution >= 0.6 is 0 Å². The minimum absolute atomic E-state index is 0.140. The molecule has 0 saturated carbocycles. The Hall–Kier alpha value is -1.80. The fourth-order valence-corrected chi connectivity index (χ4v) is 3.16. The molecule has 0 unspecified atom stereocenters. The van der Waals surface area contributed by atoms with Crippen LogP contribution in [0.5, 0.6) is 0 Å². The lowest BCUT2D eigenvalue weighted by Crippen LogP contribution is -2.27. The fourth-order valence-electron chi connectivity index (χ4n) is 2.04. The van der Waals surface area contributed by atoms with Gasteiger partial charge in [-0.05, 0) is 61.4 Å². The van der Waals surface area contributed by atoms with Crippen LogP contribution in [0.1, 0.15) is 36.8 Å². The third kappa shape index (κ3) is 3.69. The minimum Gasteiger partial charge on any atom is -0.227 e. The second-order valence-electron chi connectivity index (χ2n) is 5.53. The first-order valence-electron chi connectivity index (χ1n) is 7.15. The van der Waals surface area contributed by atoms with Crippen LogP contribution < -0.4 is 4.72 Å². The molecule has 0 aliphatic rings. The van der Waals surface area contributed by atoms with Crippen molar-refractivity contribution in [3.05, 3.63) is 35.2 Å². The van der Waals surface area contributed by atoms with Gasteiger partial charge >= 0.3 is 0 Å². The Balaban J connectivity index is 2.04. The number of tetrazole rings is 1. The first-order chi connectivity index (χ1) is 10.3. The summed E-state index contributed by atoms with van der Waals surface area (Å²) in [5.74, 6) is 0.665. The van der Waals surface area contributed by atoms with E-state index in [2.05, 4.69) is 20.2 Å². The van der Waals surface area contributed by atoms with E-state index in [4.69, 9.17) is 0 Å². The second kappa shape index (κ2) is 6.53. The molecule has 2 aromatic rings. The average Bonchev–Trinajstić information content (AvgIpc) is 2.90. The van der Waals surface area contributed by atoms with Gasteiger partial charge in [-0.1, -0.05) is 6.07 Å². The number of nitrogens with one attached hydrogen (secondary N) is 1. The standard InChI is InChI=1S/C14H21N5O2S/c1-10(2)19-14(16-17-18-19)7-8-15-22(20,21)13-6-5-11(3)12(4)9-13/h5-6,9-10,15H,7-8H2,1-4H3. The summed E-state index contributed by atoms with van der Waals surface area (Å²) < 4.78 is 28.8. The Morgan fingerprint density at radius 1 is 1.23 bits per heavy atom. The van der Waals surface area contributed by atoms with Crippen molar-refractivity contribution in [2.45, 2.75) is 45.1 Å². The highest BCUT2D eigenvalue weighted by atomic mass is 32.2. The SMILES string of the molecule is Cc1ccc(S(=O)(=O)NCCc2nnnn2C(C)C)cc1C. The Morgan fingerprint density at radius 2 is 1.95 bits per heavy atom. The van der Waals surface area contributed by atoms with Gasteiger partial charge in [0.1, 0.15) is 0 Å². The zero-order valence-electron chi connectivity index (χ0n) is 13.2. The third-order valence-corrected chi connectivity index (χ3v) is 4.94. The number of aromatic nitrogens is 4. The van der Waals surface area contributed by atoms with E-state index >= 15 is 0 Å². The van der Waals surface area contributed by atoms with Crippen molar-refractivity contribution >= 4 is 10.0 Å². The van der Waals surface area contributed by atoms with Gasteiger partial charge in [-0.3, -0.25) is 0 Å². The Labute approximate surface area is 130 Å². The molecule has 0 aliphatic carbocycles. The number of sulfonamides is 1. The van der Waals surface area contributed by atoms with Crippen LogP contribution in [0.4, 0.5) is 0 Å². The molecule has 0 aliphatic heterocycles. The molecule has 1 N–H and O–H groups in total. The first-order valence-corrected chi connectivity index (χ1v) is 8.63. The van der Waals surface area contributed by atoms with E-state index in [-0.39, 0.29) is 17.5 Å². The van der Waals surface area contributed by atoms with E-state index in [0.717, 1.165) is 11.1 Å². The Bertz CT molecular complexity index is 752. The van der Waals surface area contributed by atoms with Gasteiger partial charge in [-0.25, -0.2) is 17.8 Å². The van der Waals surface area contributed by atoms with E-state index in [1.807, 2.05) is 33.8 Å². The molecule has 1 aromatic heterocycles. The van der Waals surface area contributed by atoms with Crippen LogP contribution in [-0.2, 0) is 16.4 Å². The number of hydrogen-bond acceptors (Lipinski definition) is 5. The number of nitrogens with zero attached hydrogens (tertiary/aromatic N) is 4. The highest BCUT2D eigenvalue weighted by molar-refractivity contribution is 7.89. The lowest BCUT2D eigenvalue weighted by Gasteiger charge is -2.10. The molecule has 7 nitrogen and oxygen atoms in total. The summed E-state index contributed by atoms with van der Waals surface area (Å²) in [6.45, 7) is 8.04. The zero-order valence-corrected chi connectivity index (χ0v) is 14.1. The summed E-state index contributed by atoms with van der Waals surface area (Å²) in [6, 6.07) is 5.24. The Morgan fingerprint density at radius 3 is 2.59 bits per heavy atom. The van der Waals surface area contributed by atoms with Crippen LogP contribution in [-0.4, -0.2) is 35.2 Å².